The maximum atomic E-state index is 15.8. The van der Waals surface area contributed by atoms with E-state index in [4.69, 9.17) is 13.6 Å². The summed E-state index contributed by atoms with van der Waals surface area (Å²) in [5, 5.41) is 2.79. The Labute approximate surface area is 266 Å². The SMILES string of the molecule is CNC(=O)c1c(-c2ccc(F)cc2)oc2cc(N(C(C)CF)S(C)(=O)=O)c(-c3cc(F)c(OC)c(-c4nc5ncccc5o4)c3)cc12. The van der Waals surface area contributed by atoms with E-state index in [1.165, 1.54) is 69.7 Å². The number of carbonyl (C=O) groups is 1. The molecule has 242 valence electrons. The number of pyridine rings is 1. The molecule has 0 aliphatic carbocycles. The van der Waals surface area contributed by atoms with Crippen molar-refractivity contribution < 1.29 is 40.0 Å². The van der Waals surface area contributed by atoms with Crippen molar-refractivity contribution in [2.75, 3.05) is 31.4 Å². The number of sulfonamides is 1. The van der Waals surface area contributed by atoms with Gasteiger partial charge in [0.05, 0.1) is 36.2 Å². The molecule has 0 radical (unpaired) electrons. The number of benzene rings is 3. The van der Waals surface area contributed by atoms with Crippen molar-refractivity contribution in [1.29, 1.82) is 0 Å². The molecule has 0 spiro atoms. The molecule has 0 fully saturated rings. The Morgan fingerprint density at radius 2 is 1.77 bits per heavy atom. The van der Waals surface area contributed by atoms with Crippen molar-refractivity contribution in [1.82, 2.24) is 15.3 Å². The molecule has 14 heteroatoms. The summed E-state index contributed by atoms with van der Waals surface area (Å²) in [4.78, 5) is 21.8. The van der Waals surface area contributed by atoms with E-state index < -0.39 is 40.3 Å². The number of nitrogens with one attached hydrogen (secondary N) is 1. The highest BCUT2D eigenvalue weighted by molar-refractivity contribution is 7.92. The molecule has 3 aromatic carbocycles. The van der Waals surface area contributed by atoms with Crippen LogP contribution in [0.3, 0.4) is 0 Å². The summed E-state index contributed by atoms with van der Waals surface area (Å²) in [7, 11) is -1.45. The predicted octanol–water partition coefficient (Wildman–Crippen LogP) is 6.74. The van der Waals surface area contributed by atoms with Crippen LogP contribution in [0.2, 0.25) is 0 Å². The first kappa shape index (κ1) is 31.6. The molecule has 0 bridgehead atoms. The number of furan rings is 1. The number of hydrogen-bond acceptors (Lipinski definition) is 8. The van der Waals surface area contributed by atoms with E-state index in [2.05, 4.69) is 15.3 Å². The number of ether oxygens (including phenoxy) is 1. The van der Waals surface area contributed by atoms with Crippen LogP contribution in [-0.4, -0.2) is 57.4 Å². The lowest BCUT2D eigenvalue weighted by Gasteiger charge is -2.29. The molecule has 3 aromatic heterocycles. The number of alkyl halides is 1. The molecule has 6 aromatic rings. The van der Waals surface area contributed by atoms with Gasteiger partial charge in [0.25, 0.3) is 5.91 Å². The van der Waals surface area contributed by atoms with Crippen LogP contribution in [0.4, 0.5) is 18.9 Å². The smallest absolute Gasteiger partial charge is 0.255 e. The maximum Gasteiger partial charge on any atom is 0.255 e. The molecular weight excluding hydrogens is 637 g/mol. The number of halogens is 3. The zero-order valence-electron chi connectivity index (χ0n) is 25.5. The monoisotopic (exact) mass is 664 g/mol. The van der Waals surface area contributed by atoms with Crippen LogP contribution in [0.5, 0.6) is 5.75 Å². The van der Waals surface area contributed by atoms with Crippen molar-refractivity contribution >= 4 is 43.8 Å². The standard InChI is InChI=1S/C33H27F3N4O6S/c1-17(16-34)40(47(4,42)43)25-15-27-22(28(32(41)37-2)29(45-27)18-7-9-20(35)10-8-18)14-21(25)19-12-23(30(44-3)24(36)13-19)33-39-31-26(46-33)6-5-11-38-31/h5-15,17H,16H2,1-4H3,(H,37,41). The Kier molecular flexibility index (Phi) is 8.13. The van der Waals surface area contributed by atoms with Gasteiger partial charge in [-0.25, -0.2) is 26.6 Å². The van der Waals surface area contributed by atoms with Crippen LogP contribution in [0.25, 0.3) is 56.1 Å². The summed E-state index contributed by atoms with van der Waals surface area (Å²) in [6.07, 6.45) is 2.44. The summed E-state index contributed by atoms with van der Waals surface area (Å²) in [6.45, 7) is 0.327. The lowest BCUT2D eigenvalue weighted by atomic mass is 9.96. The highest BCUT2D eigenvalue weighted by Gasteiger charge is 2.31. The van der Waals surface area contributed by atoms with Crippen LogP contribution in [-0.2, 0) is 10.0 Å². The van der Waals surface area contributed by atoms with Crippen LogP contribution in [0.15, 0.2) is 75.7 Å². The van der Waals surface area contributed by atoms with Gasteiger partial charge in [0.1, 0.15) is 23.8 Å². The van der Waals surface area contributed by atoms with E-state index >= 15 is 4.39 Å². The molecule has 0 saturated heterocycles. The molecule has 1 atom stereocenters. The minimum absolute atomic E-state index is 0.0241. The van der Waals surface area contributed by atoms with E-state index in [1.54, 1.807) is 12.1 Å². The average Bonchev–Trinajstić information content (AvgIpc) is 3.65. The van der Waals surface area contributed by atoms with Crippen molar-refractivity contribution in [2.45, 2.75) is 13.0 Å². The molecule has 1 unspecified atom stereocenters. The fraction of sp³-hybridized carbons (Fsp3) is 0.182. The number of aromatic nitrogens is 2. The molecule has 3 heterocycles. The van der Waals surface area contributed by atoms with Gasteiger partial charge in [-0.2, -0.15) is 4.98 Å². The lowest BCUT2D eigenvalue weighted by molar-refractivity contribution is 0.0964. The number of amides is 1. The Morgan fingerprint density at radius 3 is 2.40 bits per heavy atom. The number of anilines is 1. The topological polar surface area (TPSA) is 128 Å². The van der Waals surface area contributed by atoms with E-state index in [-0.39, 0.29) is 62.0 Å². The van der Waals surface area contributed by atoms with Crippen molar-refractivity contribution in [3.05, 3.63) is 84.1 Å². The van der Waals surface area contributed by atoms with Gasteiger partial charge >= 0.3 is 0 Å². The van der Waals surface area contributed by atoms with Crippen molar-refractivity contribution in [3.63, 3.8) is 0 Å². The number of carbonyl (C=O) groups excluding carboxylic acids is 1. The Balaban J connectivity index is 1.70. The second-order valence-corrected chi connectivity index (χ2v) is 12.6. The minimum Gasteiger partial charge on any atom is -0.493 e. The molecule has 0 aliphatic rings. The number of fused-ring (bicyclic) bond motifs is 2. The van der Waals surface area contributed by atoms with Crippen LogP contribution in [0, 0.1) is 11.6 Å². The third kappa shape index (κ3) is 5.65. The molecule has 1 N–H and O–H groups in total. The molecule has 6 rings (SSSR count). The summed E-state index contributed by atoms with van der Waals surface area (Å²) >= 11 is 0. The van der Waals surface area contributed by atoms with Gasteiger partial charge in [0, 0.05) is 35.8 Å². The number of hydrogen-bond donors (Lipinski definition) is 1. The molecule has 10 nitrogen and oxygen atoms in total. The number of oxazole rings is 1. The van der Waals surface area contributed by atoms with Crippen LogP contribution in [0.1, 0.15) is 17.3 Å². The third-order valence-electron chi connectivity index (χ3n) is 7.54. The first-order valence-electron chi connectivity index (χ1n) is 14.2. The third-order valence-corrected chi connectivity index (χ3v) is 8.81. The summed E-state index contributed by atoms with van der Waals surface area (Å²) in [5.74, 6) is -2.05. The molecular formula is C33H27F3N4O6S. The molecule has 0 aliphatic heterocycles. The maximum absolute atomic E-state index is 15.8. The minimum atomic E-state index is -4.14. The van der Waals surface area contributed by atoms with E-state index in [1.807, 2.05) is 0 Å². The van der Waals surface area contributed by atoms with Crippen LogP contribution < -0.4 is 14.4 Å². The highest BCUT2D eigenvalue weighted by atomic mass is 32.2. The summed E-state index contributed by atoms with van der Waals surface area (Å²) in [6, 6.07) is 12.8. The van der Waals surface area contributed by atoms with Crippen LogP contribution >= 0.6 is 0 Å². The first-order chi connectivity index (χ1) is 22.4. The van der Waals surface area contributed by atoms with Crippen molar-refractivity contribution in [3.8, 4) is 39.7 Å². The van der Waals surface area contributed by atoms with Gasteiger partial charge in [-0.15, -0.1) is 0 Å². The zero-order chi connectivity index (χ0) is 33.6. The Hall–Kier alpha value is -5.37. The molecule has 1 amide bonds. The number of methoxy groups -OCH3 is 1. The first-order valence-corrected chi connectivity index (χ1v) is 16.0. The van der Waals surface area contributed by atoms with E-state index in [0.717, 1.165) is 16.6 Å². The Morgan fingerprint density at radius 1 is 1.02 bits per heavy atom. The van der Waals surface area contributed by atoms with Gasteiger partial charge in [-0.05, 0) is 67.1 Å². The lowest BCUT2D eigenvalue weighted by Crippen LogP contribution is -2.39. The Bertz CT molecular complexity index is 2240. The second-order valence-electron chi connectivity index (χ2n) is 10.7. The van der Waals surface area contributed by atoms with Gasteiger partial charge in [0.15, 0.2) is 22.8 Å². The average molecular weight is 665 g/mol. The highest BCUT2D eigenvalue weighted by Crippen LogP contribution is 2.45. The van der Waals surface area contributed by atoms with E-state index in [9.17, 15) is 22.0 Å². The molecule has 47 heavy (non-hydrogen) atoms. The molecule has 0 saturated carbocycles. The normalized spacial score (nSPS) is 12.4. The predicted molar refractivity (Wildman–Crippen MR) is 171 cm³/mol. The summed E-state index contributed by atoms with van der Waals surface area (Å²) in [5.41, 5.74) is 1.35. The van der Waals surface area contributed by atoms with Gasteiger partial charge in [-0.1, -0.05) is 0 Å². The zero-order valence-corrected chi connectivity index (χ0v) is 26.3. The fourth-order valence-corrected chi connectivity index (χ4v) is 6.72. The van der Waals surface area contributed by atoms with Gasteiger partial charge < -0.3 is 18.9 Å². The van der Waals surface area contributed by atoms with Crippen molar-refractivity contribution in [2.24, 2.45) is 0 Å². The largest absolute Gasteiger partial charge is 0.493 e. The second kappa shape index (κ2) is 12.1. The van der Waals surface area contributed by atoms with E-state index in [0.29, 0.717) is 11.1 Å². The number of nitrogens with zero attached hydrogens (tertiary/aromatic N) is 3. The number of rotatable bonds is 9. The fourth-order valence-electron chi connectivity index (χ4n) is 5.51. The van der Waals surface area contributed by atoms with Gasteiger partial charge in [-0.3, -0.25) is 9.10 Å². The van der Waals surface area contributed by atoms with Gasteiger partial charge in [0.2, 0.25) is 15.9 Å². The quantitative estimate of drug-likeness (QED) is 0.180. The summed E-state index contributed by atoms with van der Waals surface area (Å²) < 4.78 is 88.4.